The molecule has 0 atom stereocenters. The Morgan fingerprint density at radius 1 is 1.57 bits per heavy atom. The number of hydrogen-bond donors (Lipinski definition) is 1. The van der Waals surface area contributed by atoms with Crippen molar-refractivity contribution in [3.05, 3.63) is 22.7 Å². The van der Waals surface area contributed by atoms with Crippen LogP contribution in [0.5, 0.6) is 5.75 Å². The first-order chi connectivity index (χ1) is 6.72. The van der Waals surface area contributed by atoms with Crippen LogP contribution in [-0.2, 0) is 0 Å². The predicted molar refractivity (Wildman–Crippen MR) is 57.6 cm³/mol. The van der Waals surface area contributed by atoms with Gasteiger partial charge in [0.15, 0.2) is 6.29 Å². The van der Waals surface area contributed by atoms with E-state index < -0.39 is 0 Å². The number of halogens is 1. The van der Waals surface area contributed by atoms with Crippen molar-refractivity contribution in [3.8, 4) is 5.75 Å². The van der Waals surface area contributed by atoms with E-state index in [9.17, 15) is 4.79 Å². The first kappa shape index (κ1) is 10.9. The third-order valence-electron chi connectivity index (χ3n) is 1.77. The van der Waals surface area contributed by atoms with Crippen LogP contribution in [0.15, 0.2) is 12.1 Å². The van der Waals surface area contributed by atoms with E-state index in [-0.39, 0.29) is 0 Å². The van der Waals surface area contributed by atoms with E-state index in [1.54, 1.807) is 19.2 Å². The fraction of sp³-hybridized carbons (Fsp3) is 0.300. The van der Waals surface area contributed by atoms with Crippen molar-refractivity contribution in [2.24, 2.45) is 0 Å². The van der Waals surface area contributed by atoms with Crippen LogP contribution in [0.3, 0.4) is 0 Å². The van der Waals surface area contributed by atoms with Gasteiger partial charge in [-0.25, -0.2) is 0 Å². The number of aldehydes is 1. The molecule has 0 aliphatic rings. The van der Waals surface area contributed by atoms with Gasteiger partial charge in [0.2, 0.25) is 0 Å². The first-order valence-corrected chi connectivity index (χ1v) is 4.70. The van der Waals surface area contributed by atoms with Crippen molar-refractivity contribution in [2.75, 3.05) is 19.0 Å². The Hall–Kier alpha value is -1.22. The van der Waals surface area contributed by atoms with Gasteiger partial charge in [0.25, 0.3) is 0 Å². The maximum atomic E-state index is 10.7. The minimum Gasteiger partial charge on any atom is -0.492 e. The molecule has 0 radical (unpaired) electrons. The molecule has 3 nitrogen and oxygen atoms in total. The number of nitrogens with one attached hydrogen (secondary N) is 1. The number of carbonyl (C=O) groups is 1. The smallest absolute Gasteiger partial charge is 0.152 e. The second-order valence-corrected chi connectivity index (χ2v) is 3.11. The molecule has 0 heterocycles. The number of rotatable bonds is 4. The van der Waals surface area contributed by atoms with Crippen molar-refractivity contribution >= 4 is 23.6 Å². The normalized spacial score (nSPS) is 9.64. The summed E-state index contributed by atoms with van der Waals surface area (Å²) in [6.45, 7) is 2.41. The average Bonchev–Trinajstić information content (AvgIpc) is 2.17. The van der Waals surface area contributed by atoms with Crippen LogP contribution in [0.1, 0.15) is 17.3 Å². The molecule has 0 fully saturated rings. The van der Waals surface area contributed by atoms with Crippen LogP contribution < -0.4 is 10.1 Å². The molecule has 1 aromatic rings. The Bertz CT molecular complexity index is 339. The van der Waals surface area contributed by atoms with Crippen LogP contribution in [0.2, 0.25) is 5.02 Å². The highest BCUT2D eigenvalue weighted by atomic mass is 35.5. The van der Waals surface area contributed by atoms with Gasteiger partial charge in [-0.3, -0.25) is 4.79 Å². The number of anilines is 1. The molecule has 1 aromatic carbocycles. The zero-order valence-corrected chi connectivity index (χ0v) is 8.89. The van der Waals surface area contributed by atoms with Gasteiger partial charge >= 0.3 is 0 Å². The van der Waals surface area contributed by atoms with E-state index in [4.69, 9.17) is 16.3 Å². The summed E-state index contributed by atoms with van der Waals surface area (Å²) in [5.41, 5.74) is 1.18. The molecule has 14 heavy (non-hydrogen) atoms. The average molecular weight is 214 g/mol. The van der Waals surface area contributed by atoms with Crippen molar-refractivity contribution in [2.45, 2.75) is 6.92 Å². The molecule has 1 N–H and O–H groups in total. The number of ether oxygens (including phenoxy) is 1. The maximum absolute atomic E-state index is 10.7. The first-order valence-electron chi connectivity index (χ1n) is 4.32. The van der Waals surface area contributed by atoms with Crippen LogP contribution >= 0.6 is 11.6 Å². The van der Waals surface area contributed by atoms with Crippen molar-refractivity contribution < 1.29 is 9.53 Å². The number of benzene rings is 1. The highest BCUT2D eigenvalue weighted by molar-refractivity contribution is 6.31. The Kier molecular flexibility index (Phi) is 3.77. The fourth-order valence-corrected chi connectivity index (χ4v) is 1.45. The molecule has 1 rings (SSSR count). The molecule has 0 aromatic heterocycles. The van der Waals surface area contributed by atoms with Gasteiger partial charge < -0.3 is 10.1 Å². The Morgan fingerprint density at radius 2 is 2.29 bits per heavy atom. The third-order valence-corrected chi connectivity index (χ3v) is 1.99. The Labute approximate surface area is 88.0 Å². The predicted octanol–water partition coefficient (Wildman–Crippen LogP) is 2.59. The summed E-state index contributed by atoms with van der Waals surface area (Å²) in [7, 11) is 1.73. The minimum absolute atomic E-state index is 0.495. The second kappa shape index (κ2) is 4.86. The lowest BCUT2D eigenvalue weighted by molar-refractivity contribution is 0.112. The topological polar surface area (TPSA) is 38.3 Å². The number of carbonyl (C=O) groups excluding carboxylic acids is 1. The molecular weight excluding hydrogens is 202 g/mol. The summed E-state index contributed by atoms with van der Waals surface area (Å²) in [6.07, 6.45) is 0.750. The van der Waals surface area contributed by atoms with Crippen molar-refractivity contribution in [3.63, 3.8) is 0 Å². The van der Waals surface area contributed by atoms with Gasteiger partial charge in [-0.05, 0) is 13.0 Å². The van der Waals surface area contributed by atoms with Crippen LogP contribution in [-0.4, -0.2) is 19.9 Å². The zero-order chi connectivity index (χ0) is 10.6. The van der Waals surface area contributed by atoms with Gasteiger partial charge in [0.05, 0.1) is 12.3 Å². The molecule has 0 amide bonds. The van der Waals surface area contributed by atoms with E-state index in [0.717, 1.165) is 6.29 Å². The standard InChI is InChI=1S/C10H12ClNO2/c1-3-14-9-5-8(11)4-7(6-13)10(9)12-2/h4-6,12H,3H2,1-2H3. The summed E-state index contributed by atoms with van der Waals surface area (Å²) in [6, 6.07) is 3.28. The summed E-state index contributed by atoms with van der Waals surface area (Å²) < 4.78 is 5.35. The molecule has 0 aliphatic heterocycles. The van der Waals surface area contributed by atoms with Gasteiger partial charge in [-0.1, -0.05) is 11.6 Å². The largest absolute Gasteiger partial charge is 0.492 e. The molecule has 0 aliphatic carbocycles. The third kappa shape index (κ3) is 2.17. The SMILES string of the molecule is CCOc1cc(Cl)cc(C=O)c1NC. The van der Waals surface area contributed by atoms with E-state index in [1.807, 2.05) is 6.92 Å². The lowest BCUT2D eigenvalue weighted by Gasteiger charge is -2.12. The highest BCUT2D eigenvalue weighted by Crippen LogP contribution is 2.31. The monoisotopic (exact) mass is 213 g/mol. The summed E-state index contributed by atoms with van der Waals surface area (Å²) in [5.74, 6) is 0.601. The number of hydrogen-bond acceptors (Lipinski definition) is 3. The van der Waals surface area contributed by atoms with Crippen molar-refractivity contribution in [1.82, 2.24) is 0 Å². The van der Waals surface area contributed by atoms with E-state index in [0.29, 0.717) is 28.6 Å². The Balaban J connectivity index is 3.23. The zero-order valence-electron chi connectivity index (χ0n) is 8.13. The molecule has 0 bridgehead atoms. The van der Waals surface area contributed by atoms with Crippen LogP contribution in [0.25, 0.3) is 0 Å². The molecule has 0 spiro atoms. The quantitative estimate of drug-likeness (QED) is 0.782. The molecular formula is C10H12ClNO2. The van der Waals surface area contributed by atoms with E-state index in [2.05, 4.69) is 5.32 Å². The van der Waals surface area contributed by atoms with Gasteiger partial charge in [-0.15, -0.1) is 0 Å². The Morgan fingerprint density at radius 3 is 2.79 bits per heavy atom. The molecule has 0 saturated heterocycles. The van der Waals surface area contributed by atoms with Gasteiger partial charge in [0.1, 0.15) is 5.75 Å². The van der Waals surface area contributed by atoms with E-state index in [1.165, 1.54) is 0 Å². The summed E-state index contributed by atoms with van der Waals surface area (Å²) in [5, 5.41) is 3.41. The minimum atomic E-state index is 0.495. The maximum Gasteiger partial charge on any atom is 0.152 e. The second-order valence-electron chi connectivity index (χ2n) is 2.67. The summed E-state index contributed by atoms with van der Waals surface area (Å²) in [4.78, 5) is 10.7. The lowest BCUT2D eigenvalue weighted by Crippen LogP contribution is -2.01. The molecule has 0 unspecified atom stereocenters. The summed E-state index contributed by atoms with van der Waals surface area (Å²) >= 11 is 5.83. The molecule has 76 valence electrons. The molecule has 4 heteroatoms. The van der Waals surface area contributed by atoms with Gasteiger partial charge in [-0.2, -0.15) is 0 Å². The van der Waals surface area contributed by atoms with Gasteiger partial charge in [0, 0.05) is 23.7 Å². The van der Waals surface area contributed by atoms with E-state index >= 15 is 0 Å². The lowest BCUT2D eigenvalue weighted by atomic mass is 10.2. The van der Waals surface area contributed by atoms with Crippen LogP contribution in [0.4, 0.5) is 5.69 Å². The van der Waals surface area contributed by atoms with Crippen LogP contribution in [0, 0.1) is 0 Å². The fourth-order valence-electron chi connectivity index (χ4n) is 1.23. The van der Waals surface area contributed by atoms with Crippen molar-refractivity contribution in [1.29, 1.82) is 0 Å². The highest BCUT2D eigenvalue weighted by Gasteiger charge is 2.09. The molecule has 0 saturated carbocycles.